The molecule has 0 radical (unpaired) electrons. The van der Waals surface area contributed by atoms with E-state index in [1.54, 1.807) is 32.2 Å². The van der Waals surface area contributed by atoms with Crippen LogP contribution in [0.15, 0.2) is 57.7 Å². The van der Waals surface area contributed by atoms with Gasteiger partial charge in [-0.3, -0.25) is 9.59 Å². The lowest BCUT2D eigenvalue weighted by molar-refractivity contribution is 0.0590. The quantitative estimate of drug-likeness (QED) is 0.524. The first-order valence-corrected chi connectivity index (χ1v) is 10.4. The molecule has 2 aromatic carbocycles. The van der Waals surface area contributed by atoms with Crippen LogP contribution in [0.25, 0.3) is 22.3 Å². The summed E-state index contributed by atoms with van der Waals surface area (Å²) in [5, 5.41) is 0.425. The molecule has 0 atom stereocenters. The maximum atomic E-state index is 13.6. The minimum atomic E-state index is -0.141. The standard InChI is InChI=1S/C25H29NO4/c1-5-19(6-2)26(15-16-29-4)25(28)21-14-10-13-20-22(27)17(3)23(30-24(20)21)18-11-8-7-9-12-18/h7-14,19H,5-6,15-16H2,1-4H3. The summed E-state index contributed by atoms with van der Waals surface area (Å²) in [6.07, 6.45) is 1.68. The maximum absolute atomic E-state index is 13.6. The van der Waals surface area contributed by atoms with Gasteiger partial charge in [0.2, 0.25) is 0 Å². The zero-order valence-electron chi connectivity index (χ0n) is 18.1. The molecule has 0 fully saturated rings. The van der Waals surface area contributed by atoms with Crippen LogP contribution in [0.3, 0.4) is 0 Å². The van der Waals surface area contributed by atoms with Crippen molar-refractivity contribution in [3.8, 4) is 11.3 Å². The third kappa shape index (κ3) is 4.17. The number of carbonyl (C=O) groups is 1. The maximum Gasteiger partial charge on any atom is 0.257 e. The van der Waals surface area contributed by atoms with E-state index in [0.29, 0.717) is 41.0 Å². The molecule has 3 aromatic rings. The Balaban J connectivity index is 2.19. The molecule has 158 valence electrons. The summed E-state index contributed by atoms with van der Waals surface area (Å²) in [6, 6.07) is 14.8. The summed E-state index contributed by atoms with van der Waals surface area (Å²) in [6.45, 7) is 6.84. The average molecular weight is 408 g/mol. The van der Waals surface area contributed by atoms with Crippen molar-refractivity contribution in [1.29, 1.82) is 0 Å². The Morgan fingerprint density at radius 1 is 1.07 bits per heavy atom. The molecule has 0 aliphatic rings. The van der Waals surface area contributed by atoms with Crippen LogP contribution in [0.5, 0.6) is 0 Å². The van der Waals surface area contributed by atoms with E-state index in [9.17, 15) is 9.59 Å². The highest BCUT2D eigenvalue weighted by atomic mass is 16.5. The molecule has 0 spiro atoms. The van der Waals surface area contributed by atoms with E-state index in [1.165, 1.54) is 0 Å². The Bertz CT molecular complexity index is 1070. The molecule has 5 heteroatoms. The monoisotopic (exact) mass is 407 g/mol. The van der Waals surface area contributed by atoms with Crippen molar-refractivity contribution in [3.63, 3.8) is 0 Å². The van der Waals surface area contributed by atoms with Crippen LogP contribution in [0.4, 0.5) is 0 Å². The molecule has 0 aliphatic carbocycles. The SMILES string of the molecule is CCC(CC)N(CCOC)C(=O)c1cccc2c(=O)c(C)c(-c3ccccc3)oc12. The normalized spacial score (nSPS) is 11.2. The number of methoxy groups -OCH3 is 1. The fraction of sp³-hybridized carbons (Fsp3) is 0.360. The van der Waals surface area contributed by atoms with Gasteiger partial charge in [-0.05, 0) is 31.9 Å². The fourth-order valence-corrected chi connectivity index (χ4v) is 3.87. The molecule has 5 nitrogen and oxygen atoms in total. The van der Waals surface area contributed by atoms with E-state index >= 15 is 0 Å². The van der Waals surface area contributed by atoms with Gasteiger partial charge in [0.15, 0.2) is 11.0 Å². The lowest BCUT2D eigenvalue weighted by Gasteiger charge is -2.30. The molecule has 1 aromatic heterocycles. The summed E-state index contributed by atoms with van der Waals surface area (Å²) in [4.78, 5) is 28.5. The van der Waals surface area contributed by atoms with Crippen molar-refractivity contribution in [2.24, 2.45) is 0 Å². The second-order valence-corrected chi connectivity index (χ2v) is 7.40. The Morgan fingerprint density at radius 3 is 2.40 bits per heavy atom. The topological polar surface area (TPSA) is 59.8 Å². The predicted molar refractivity (Wildman–Crippen MR) is 120 cm³/mol. The van der Waals surface area contributed by atoms with Crippen LogP contribution < -0.4 is 5.43 Å². The number of nitrogens with zero attached hydrogens (tertiary/aromatic N) is 1. The molecule has 0 unspecified atom stereocenters. The highest BCUT2D eigenvalue weighted by Gasteiger charge is 2.26. The number of hydrogen-bond acceptors (Lipinski definition) is 4. The lowest BCUT2D eigenvalue weighted by Crippen LogP contribution is -2.42. The van der Waals surface area contributed by atoms with Crippen molar-refractivity contribution in [2.45, 2.75) is 39.7 Å². The third-order valence-electron chi connectivity index (χ3n) is 5.59. The molecule has 0 N–H and O–H groups in total. The minimum Gasteiger partial charge on any atom is -0.455 e. The lowest BCUT2D eigenvalue weighted by atomic mass is 10.0. The Kier molecular flexibility index (Phi) is 7.06. The molecule has 1 amide bonds. The van der Waals surface area contributed by atoms with E-state index in [4.69, 9.17) is 9.15 Å². The predicted octanol–water partition coefficient (Wildman–Crippen LogP) is 5.05. The number of para-hydroxylation sites is 1. The Morgan fingerprint density at radius 2 is 1.77 bits per heavy atom. The van der Waals surface area contributed by atoms with Gasteiger partial charge >= 0.3 is 0 Å². The van der Waals surface area contributed by atoms with Gasteiger partial charge in [0.1, 0.15) is 5.76 Å². The molecule has 0 bridgehead atoms. The highest BCUT2D eigenvalue weighted by Crippen LogP contribution is 2.28. The van der Waals surface area contributed by atoms with E-state index in [-0.39, 0.29) is 17.4 Å². The van der Waals surface area contributed by atoms with Gasteiger partial charge < -0.3 is 14.1 Å². The smallest absolute Gasteiger partial charge is 0.257 e. The fourth-order valence-electron chi connectivity index (χ4n) is 3.87. The zero-order valence-corrected chi connectivity index (χ0v) is 18.1. The molecule has 3 rings (SSSR count). The molecule has 0 aliphatic heterocycles. The minimum absolute atomic E-state index is 0.0914. The molecule has 1 heterocycles. The van der Waals surface area contributed by atoms with Crippen molar-refractivity contribution in [1.82, 2.24) is 4.90 Å². The van der Waals surface area contributed by atoms with Gasteiger partial charge in [0, 0.05) is 30.8 Å². The van der Waals surface area contributed by atoms with Gasteiger partial charge in [0.05, 0.1) is 17.6 Å². The molecular weight excluding hydrogens is 378 g/mol. The van der Waals surface area contributed by atoms with E-state index in [2.05, 4.69) is 13.8 Å². The first-order chi connectivity index (χ1) is 14.5. The average Bonchev–Trinajstić information content (AvgIpc) is 2.78. The highest BCUT2D eigenvalue weighted by molar-refractivity contribution is 6.05. The number of benzene rings is 2. The van der Waals surface area contributed by atoms with Gasteiger partial charge in [-0.1, -0.05) is 50.2 Å². The zero-order chi connectivity index (χ0) is 21.7. The van der Waals surface area contributed by atoms with Crippen LogP contribution in [0.2, 0.25) is 0 Å². The Hall–Kier alpha value is -2.92. The number of hydrogen-bond donors (Lipinski definition) is 0. The van der Waals surface area contributed by atoms with Crippen LogP contribution in [0.1, 0.15) is 42.6 Å². The van der Waals surface area contributed by atoms with Crippen molar-refractivity contribution < 1.29 is 13.9 Å². The molecule has 0 saturated carbocycles. The van der Waals surface area contributed by atoms with Crippen LogP contribution in [-0.4, -0.2) is 37.1 Å². The van der Waals surface area contributed by atoms with Gasteiger partial charge in [-0.15, -0.1) is 0 Å². The van der Waals surface area contributed by atoms with Gasteiger partial charge in [-0.25, -0.2) is 0 Å². The number of amides is 1. The summed E-state index contributed by atoms with van der Waals surface area (Å²) < 4.78 is 11.5. The van der Waals surface area contributed by atoms with E-state index in [0.717, 1.165) is 18.4 Å². The van der Waals surface area contributed by atoms with Crippen LogP contribution in [0, 0.1) is 6.92 Å². The second-order valence-electron chi connectivity index (χ2n) is 7.40. The largest absolute Gasteiger partial charge is 0.455 e. The van der Waals surface area contributed by atoms with Crippen LogP contribution in [-0.2, 0) is 4.74 Å². The van der Waals surface area contributed by atoms with Gasteiger partial charge in [0.25, 0.3) is 5.91 Å². The Labute approximate surface area is 177 Å². The molecule has 30 heavy (non-hydrogen) atoms. The second kappa shape index (κ2) is 9.72. The summed E-state index contributed by atoms with van der Waals surface area (Å²) in [7, 11) is 1.63. The van der Waals surface area contributed by atoms with Crippen molar-refractivity contribution >= 4 is 16.9 Å². The summed E-state index contributed by atoms with van der Waals surface area (Å²) >= 11 is 0. The van der Waals surface area contributed by atoms with Crippen molar-refractivity contribution in [3.05, 3.63) is 69.9 Å². The summed E-state index contributed by atoms with van der Waals surface area (Å²) in [5.74, 6) is 0.358. The molecule has 0 saturated heterocycles. The number of carbonyl (C=O) groups excluding carboxylic acids is 1. The first-order valence-electron chi connectivity index (χ1n) is 10.4. The summed E-state index contributed by atoms with van der Waals surface area (Å²) in [5.41, 5.74) is 1.98. The molecular formula is C25H29NO4. The number of fused-ring (bicyclic) bond motifs is 1. The van der Waals surface area contributed by atoms with E-state index in [1.807, 2.05) is 35.2 Å². The van der Waals surface area contributed by atoms with Crippen molar-refractivity contribution in [2.75, 3.05) is 20.3 Å². The first kappa shape index (κ1) is 21.8. The van der Waals surface area contributed by atoms with Gasteiger partial charge in [-0.2, -0.15) is 0 Å². The number of rotatable bonds is 8. The van der Waals surface area contributed by atoms with E-state index < -0.39 is 0 Å². The third-order valence-corrected chi connectivity index (χ3v) is 5.59. The van der Waals surface area contributed by atoms with Crippen LogP contribution >= 0.6 is 0 Å². The number of ether oxygens (including phenoxy) is 1.